The molecule has 0 aliphatic heterocycles. The lowest BCUT2D eigenvalue weighted by molar-refractivity contribution is 0.0977. The van der Waals surface area contributed by atoms with Crippen molar-refractivity contribution in [3.63, 3.8) is 0 Å². The van der Waals surface area contributed by atoms with Crippen molar-refractivity contribution >= 4 is 11.6 Å². The van der Waals surface area contributed by atoms with Gasteiger partial charge in [-0.25, -0.2) is 0 Å². The average Bonchev–Trinajstić information content (AvgIpc) is 2.46. The van der Waals surface area contributed by atoms with Crippen molar-refractivity contribution in [3.8, 4) is 0 Å². The predicted molar refractivity (Wildman–Crippen MR) is 72.4 cm³/mol. The van der Waals surface area contributed by atoms with Gasteiger partial charge >= 0.3 is 0 Å². The molecule has 0 saturated heterocycles. The zero-order chi connectivity index (χ0) is 13.8. The fourth-order valence-corrected chi connectivity index (χ4v) is 1.70. The molecule has 0 amide bonds. The number of aliphatic hydroxyl groups excluding tert-OH is 1. The second kappa shape index (κ2) is 5.31. The van der Waals surface area contributed by atoms with E-state index in [1.807, 2.05) is 6.07 Å². The lowest BCUT2D eigenvalue weighted by Crippen LogP contribution is -2.04. The largest absolute Gasteiger partial charge is 0.505 e. The molecular weight excluding hydrogens is 240 g/mol. The van der Waals surface area contributed by atoms with Gasteiger partial charge in [-0.1, -0.05) is 61.2 Å². The molecule has 3 nitrogen and oxygen atoms in total. The van der Waals surface area contributed by atoms with Crippen LogP contribution in [-0.4, -0.2) is 16.7 Å². The Balaban J connectivity index is 2.26. The van der Waals surface area contributed by atoms with E-state index in [-0.39, 0.29) is 5.78 Å². The normalized spacial score (nSPS) is 9.89. The number of carbonyl (C=O) groups excluding carboxylic acids is 2. The van der Waals surface area contributed by atoms with E-state index in [0.717, 1.165) is 0 Å². The molecule has 0 unspecified atom stereocenters. The van der Waals surface area contributed by atoms with Crippen molar-refractivity contribution in [1.29, 1.82) is 0 Å². The number of rotatable bonds is 4. The molecule has 0 bridgehead atoms. The molecule has 0 fully saturated rings. The summed E-state index contributed by atoms with van der Waals surface area (Å²) >= 11 is 0. The molecule has 3 heteroatoms. The van der Waals surface area contributed by atoms with Gasteiger partial charge in [-0.2, -0.15) is 0 Å². The minimum Gasteiger partial charge on any atom is -0.505 e. The van der Waals surface area contributed by atoms with Crippen molar-refractivity contribution in [1.82, 2.24) is 0 Å². The quantitative estimate of drug-likeness (QED) is 0.516. The summed E-state index contributed by atoms with van der Waals surface area (Å²) in [5, 5.41) is 9.02. The van der Waals surface area contributed by atoms with Crippen LogP contribution >= 0.6 is 0 Å². The van der Waals surface area contributed by atoms with Crippen LogP contribution in [-0.2, 0) is 0 Å². The van der Waals surface area contributed by atoms with E-state index in [4.69, 9.17) is 5.11 Å². The van der Waals surface area contributed by atoms with Gasteiger partial charge in [0.05, 0.1) is 0 Å². The van der Waals surface area contributed by atoms with E-state index >= 15 is 0 Å². The van der Waals surface area contributed by atoms with Crippen molar-refractivity contribution < 1.29 is 14.7 Å². The van der Waals surface area contributed by atoms with Gasteiger partial charge in [-0.15, -0.1) is 0 Å². The summed E-state index contributed by atoms with van der Waals surface area (Å²) in [5.74, 6) is -1.16. The van der Waals surface area contributed by atoms with Crippen LogP contribution in [0.25, 0.3) is 0 Å². The second-order valence-corrected chi connectivity index (χ2v) is 4.05. The van der Waals surface area contributed by atoms with Crippen molar-refractivity contribution in [3.05, 3.63) is 83.6 Å². The lowest BCUT2D eigenvalue weighted by atomic mass is 10.0. The lowest BCUT2D eigenvalue weighted by Gasteiger charge is -2.03. The van der Waals surface area contributed by atoms with Crippen LogP contribution in [0.5, 0.6) is 0 Å². The number of hydrogen-bond acceptors (Lipinski definition) is 3. The van der Waals surface area contributed by atoms with Gasteiger partial charge in [-0.3, -0.25) is 9.59 Å². The van der Waals surface area contributed by atoms with Crippen LogP contribution in [0.1, 0.15) is 26.3 Å². The highest BCUT2D eigenvalue weighted by Gasteiger charge is 2.11. The van der Waals surface area contributed by atoms with Gasteiger partial charge in [0.2, 0.25) is 5.78 Å². The van der Waals surface area contributed by atoms with Crippen molar-refractivity contribution in [2.24, 2.45) is 0 Å². The summed E-state index contributed by atoms with van der Waals surface area (Å²) < 4.78 is 0. The number of allylic oxidation sites excluding steroid dienone is 1. The molecule has 2 aromatic carbocycles. The highest BCUT2D eigenvalue weighted by Crippen LogP contribution is 2.12. The topological polar surface area (TPSA) is 54.4 Å². The Bertz CT molecular complexity index is 625. The Kier molecular flexibility index (Phi) is 3.57. The molecule has 94 valence electrons. The zero-order valence-corrected chi connectivity index (χ0v) is 10.2. The molecule has 0 spiro atoms. The Morgan fingerprint density at radius 1 is 0.789 bits per heavy atom. The van der Waals surface area contributed by atoms with Gasteiger partial charge in [0.15, 0.2) is 11.5 Å². The van der Waals surface area contributed by atoms with Crippen molar-refractivity contribution in [2.45, 2.75) is 0 Å². The Morgan fingerprint density at radius 3 is 1.79 bits per heavy atom. The fourth-order valence-electron chi connectivity index (χ4n) is 1.70. The van der Waals surface area contributed by atoms with Crippen LogP contribution < -0.4 is 0 Å². The minimum absolute atomic E-state index is 0.109. The molecule has 2 aromatic rings. The first-order valence-electron chi connectivity index (χ1n) is 5.72. The van der Waals surface area contributed by atoms with E-state index in [1.165, 1.54) is 12.1 Å². The molecule has 19 heavy (non-hydrogen) atoms. The summed E-state index contributed by atoms with van der Waals surface area (Å²) in [4.78, 5) is 23.6. The second-order valence-electron chi connectivity index (χ2n) is 4.05. The molecule has 0 atom stereocenters. The Labute approximate surface area is 110 Å². The fraction of sp³-hybridized carbons (Fsp3) is 0. The first-order valence-corrected chi connectivity index (χ1v) is 5.72. The van der Waals surface area contributed by atoms with Gasteiger partial charge in [-0.05, 0) is 0 Å². The number of Topliss-reactive ketones (excluding diaryl/α,β-unsaturated/α-hetero) is 1. The van der Waals surface area contributed by atoms with E-state index in [1.54, 1.807) is 36.4 Å². The minimum atomic E-state index is -0.543. The predicted octanol–water partition coefficient (Wildman–Crippen LogP) is 3.17. The van der Waals surface area contributed by atoms with Gasteiger partial charge in [0.1, 0.15) is 0 Å². The van der Waals surface area contributed by atoms with E-state index in [9.17, 15) is 9.59 Å². The average molecular weight is 252 g/mol. The summed E-state index contributed by atoms with van der Waals surface area (Å²) in [5.41, 5.74) is 1.39. The third-order valence-electron chi connectivity index (χ3n) is 2.71. The molecule has 2 rings (SSSR count). The first-order chi connectivity index (χ1) is 9.09. The molecule has 0 heterocycles. The highest BCUT2D eigenvalue weighted by atomic mass is 16.3. The number of carbonyl (C=O) groups is 2. The third-order valence-corrected chi connectivity index (χ3v) is 2.71. The Hall–Kier alpha value is -2.68. The number of hydrogen-bond donors (Lipinski definition) is 1. The van der Waals surface area contributed by atoms with E-state index in [2.05, 4.69) is 6.58 Å². The van der Waals surface area contributed by atoms with Crippen molar-refractivity contribution in [2.75, 3.05) is 0 Å². The maximum absolute atomic E-state index is 12.1. The molecule has 0 aromatic heterocycles. The standard InChI is InChI=1S/C16H12O3/c1-11(17)15(18)13-7-9-14(10-8-13)16(19)12-5-3-2-4-6-12/h2-10,17H,1H2. The smallest absolute Gasteiger partial charge is 0.226 e. The summed E-state index contributed by atoms with van der Waals surface area (Å²) in [6.07, 6.45) is 0. The highest BCUT2D eigenvalue weighted by molar-refractivity contribution is 6.10. The molecular formula is C16H12O3. The van der Waals surface area contributed by atoms with Gasteiger partial charge in [0.25, 0.3) is 0 Å². The zero-order valence-electron chi connectivity index (χ0n) is 10.2. The number of benzene rings is 2. The summed E-state index contributed by atoms with van der Waals surface area (Å²) in [6.45, 7) is 3.18. The SMILES string of the molecule is C=C(O)C(=O)c1ccc(C(=O)c2ccccc2)cc1. The van der Waals surface area contributed by atoms with Gasteiger partial charge in [0, 0.05) is 16.7 Å². The van der Waals surface area contributed by atoms with E-state index in [0.29, 0.717) is 16.7 Å². The van der Waals surface area contributed by atoms with E-state index < -0.39 is 11.5 Å². The summed E-state index contributed by atoms with van der Waals surface area (Å²) in [6, 6.07) is 15.0. The summed E-state index contributed by atoms with van der Waals surface area (Å²) in [7, 11) is 0. The molecule has 1 N–H and O–H groups in total. The molecule has 0 aliphatic rings. The van der Waals surface area contributed by atoms with Crippen LogP contribution in [0.2, 0.25) is 0 Å². The third kappa shape index (κ3) is 2.77. The molecule has 0 saturated carbocycles. The molecule has 0 radical (unpaired) electrons. The van der Waals surface area contributed by atoms with Gasteiger partial charge < -0.3 is 5.11 Å². The Morgan fingerprint density at radius 2 is 1.26 bits per heavy atom. The first kappa shape index (κ1) is 12.8. The van der Waals surface area contributed by atoms with Crippen LogP contribution in [0.4, 0.5) is 0 Å². The van der Waals surface area contributed by atoms with Crippen LogP contribution in [0.15, 0.2) is 66.9 Å². The molecule has 0 aliphatic carbocycles. The number of aliphatic hydroxyl groups is 1. The number of ketones is 2. The van der Waals surface area contributed by atoms with Crippen LogP contribution in [0.3, 0.4) is 0 Å². The van der Waals surface area contributed by atoms with Crippen LogP contribution in [0, 0.1) is 0 Å². The maximum Gasteiger partial charge on any atom is 0.226 e. The monoisotopic (exact) mass is 252 g/mol. The maximum atomic E-state index is 12.1.